The molecule has 1 aromatic rings. The lowest BCUT2D eigenvalue weighted by Crippen LogP contribution is -2.33. The first kappa shape index (κ1) is 13.6. The maximum atomic E-state index is 12.8. The molecule has 4 rings (SSSR count). The number of para-hydroxylation sites is 2. The van der Waals surface area contributed by atoms with Crippen LogP contribution in [0, 0.1) is 23.7 Å². The van der Waals surface area contributed by atoms with Crippen LogP contribution in [0.4, 0.5) is 5.69 Å². The highest BCUT2D eigenvalue weighted by atomic mass is 16.5. The van der Waals surface area contributed by atoms with Crippen LogP contribution in [0.25, 0.3) is 0 Å². The topological polar surface area (TPSA) is 46.6 Å². The average Bonchev–Trinajstić information content (AvgIpc) is 3.20. The minimum atomic E-state index is -0.165. The van der Waals surface area contributed by atoms with Crippen LogP contribution in [0.1, 0.15) is 19.8 Å². The number of ether oxygens (including phenoxy) is 1. The van der Waals surface area contributed by atoms with Crippen LogP contribution in [-0.4, -0.2) is 18.4 Å². The van der Waals surface area contributed by atoms with E-state index < -0.39 is 0 Å². The molecule has 22 heavy (non-hydrogen) atoms. The van der Waals surface area contributed by atoms with Gasteiger partial charge in [0.25, 0.3) is 0 Å². The molecule has 2 fully saturated rings. The van der Waals surface area contributed by atoms with Gasteiger partial charge in [-0.1, -0.05) is 31.2 Å². The molecule has 1 aliphatic heterocycles. The van der Waals surface area contributed by atoms with Crippen LogP contribution in [0.3, 0.4) is 0 Å². The van der Waals surface area contributed by atoms with Crippen LogP contribution in [0.2, 0.25) is 0 Å². The van der Waals surface area contributed by atoms with Gasteiger partial charge in [0.15, 0.2) is 0 Å². The van der Waals surface area contributed by atoms with Crippen molar-refractivity contribution < 1.29 is 14.3 Å². The number of nitrogens with zero attached hydrogens (tertiary/aromatic N) is 1. The van der Waals surface area contributed by atoms with Crippen molar-refractivity contribution in [3.8, 4) is 5.75 Å². The van der Waals surface area contributed by atoms with Crippen molar-refractivity contribution in [1.29, 1.82) is 0 Å². The van der Waals surface area contributed by atoms with Crippen LogP contribution in [-0.2, 0) is 9.59 Å². The standard InChI is InChI=1S/C18H19NO3/c1-2-9-22-14-6-4-3-5-13(14)19-17(20)15-11-7-8-12(10-11)16(15)18(19)21/h3-8,11-12,15-16H,2,9-10H2,1H3/t11-,12+,15+,16-. The van der Waals surface area contributed by atoms with Gasteiger partial charge in [-0.05, 0) is 36.8 Å². The summed E-state index contributed by atoms with van der Waals surface area (Å²) in [7, 11) is 0. The van der Waals surface area contributed by atoms with E-state index in [-0.39, 0.29) is 35.5 Å². The maximum absolute atomic E-state index is 12.8. The Morgan fingerprint density at radius 1 is 1.09 bits per heavy atom. The van der Waals surface area contributed by atoms with Crippen molar-refractivity contribution in [3.05, 3.63) is 36.4 Å². The monoisotopic (exact) mass is 297 g/mol. The van der Waals surface area contributed by atoms with Gasteiger partial charge in [-0.2, -0.15) is 0 Å². The van der Waals surface area contributed by atoms with Crippen molar-refractivity contribution in [2.75, 3.05) is 11.5 Å². The van der Waals surface area contributed by atoms with Crippen LogP contribution >= 0.6 is 0 Å². The molecular weight excluding hydrogens is 278 g/mol. The molecule has 4 heteroatoms. The zero-order chi connectivity index (χ0) is 15.3. The fraction of sp³-hybridized carbons (Fsp3) is 0.444. The van der Waals surface area contributed by atoms with Crippen molar-refractivity contribution in [2.24, 2.45) is 23.7 Å². The van der Waals surface area contributed by atoms with E-state index in [4.69, 9.17) is 4.74 Å². The van der Waals surface area contributed by atoms with Gasteiger partial charge in [0.2, 0.25) is 11.8 Å². The Hall–Kier alpha value is -2.10. The predicted octanol–water partition coefficient (Wildman–Crippen LogP) is 2.79. The normalized spacial score (nSPS) is 32.0. The second kappa shape index (κ2) is 4.97. The third kappa shape index (κ3) is 1.76. The summed E-state index contributed by atoms with van der Waals surface area (Å²) < 4.78 is 5.73. The Balaban J connectivity index is 1.70. The number of benzene rings is 1. The van der Waals surface area contributed by atoms with E-state index in [9.17, 15) is 9.59 Å². The molecule has 0 radical (unpaired) electrons. The number of hydrogen-bond acceptors (Lipinski definition) is 3. The molecule has 1 heterocycles. The van der Waals surface area contributed by atoms with E-state index in [1.807, 2.05) is 25.1 Å². The summed E-state index contributed by atoms with van der Waals surface area (Å²) in [6.45, 7) is 2.61. The number of imide groups is 1. The highest BCUT2D eigenvalue weighted by Crippen LogP contribution is 2.53. The van der Waals surface area contributed by atoms with E-state index in [2.05, 4.69) is 12.2 Å². The van der Waals surface area contributed by atoms with Crippen molar-refractivity contribution in [1.82, 2.24) is 0 Å². The number of allylic oxidation sites excluding steroid dienone is 2. The Morgan fingerprint density at radius 3 is 2.36 bits per heavy atom. The molecule has 1 saturated heterocycles. The Labute approximate surface area is 129 Å². The zero-order valence-electron chi connectivity index (χ0n) is 12.6. The molecule has 1 saturated carbocycles. The second-order valence-corrected chi connectivity index (χ2v) is 6.33. The fourth-order valence-electron chi connectivity index (χ4n) is 4.12. The Bertz CT molecular complexity index is 636. The molecule has 1 aromatic carbocycles. The van der Waals surface area contributed by atoms with Crippen molar-refractivity contribution in [2.45, 2.75) is 19.8 Å². The first-order chi connectivity index (χ1) is 10.7. The van der Waals surface area contributed by atoms with Gasteiger partial charge in [-0.3, -0.25) is 9.59 Å². The van der Waals surface area contributed by atoms with E-state index in [1.54, 1.807) is 6.07 Å². The van der Waals surface area contributed by atoms with E-state index >= 15 is 0 Å². The van der Waals surface area contributed by atoms with Crippen LogP contribution in [0.15, 0.2) is 36.4 Å². The molecule has 0 N–H and O–H groups in total. The average molecular weight is 297 g/mol. The summed E-state index contributed by atoms with van der Waals surface area (Å²) in [4.78, 5) is 27.0. The second-order valence-electron chi connectivity index (χ2n) is 6.33. The smallest absolute Gasteiger partial charge is 0.238 e. The number of carbonyl (C=O) groups excluding carboxylic acids is 2. The summed E-state index contributed by atoms with van der Waals surface area (Å²) >= 11 is 0. The lowest BCUT2D eigenvalue weighted by molar-refractivity contribution is -0.123. The van der Waals surface area contributed by atoms with Crippen molar-refractivity contribution in [3.63, 3.8) is 0 Å². The molecule has 114 valence electrons. The molecule has 0 unspecified atom stereocenters. The minimum Gasteiger partial charge on any atom is -0.491 e. The number of carbonyl (C=O) groups is 2. The van der Waals surface area contributed by atoms with Crippen LogP contribution < -0.4 is 9.64 Å². The number of hydrogen-bond donors (Lipinski definition) is 0. The Kier molecular flexibility index (Phi) is 3.06. The number of amides is 2. The molecule has 0 aromatic heterocycles. The molecule has 2 aliphatic carbocycles. The van der Waals surface area contributed by atoms with Gasteiger partial charge in [0, 0.05) is 0 Å². The molecule has 0 spiro atoms. The Morgan fingerprint density at radius 2 is 1.73 bits per heavy atom. The molecule has 3 aliphatic rings. The van der Waals surface area contributed by atoms with E-state index in [0.29, 0.717) is 18.0 Å². The SMILES string of the molecule is CCCOc1ccccc1N1C(=O)[C@@H]2[C@H](C1=O)[C@H]1C=C[C@@H]2C1. The van der Waals surface area contributed by atoms with Gasteiger partial charge in [0.05, 0.1) is 24.1 Å². The largest absolute Gasteiger partial charge is 0.491 e. The maximum Gasteiger partial charge on any atom is 0.238 e. The lowest BCUT2D eigenvalue weighted by atomic mass is 9.85. The van der Waals surface area contributed by atoms with Gasteiger partial charge in [0.1, 0.15) is 5.75 Å². The quantitative estimate of drug-likeness (QED) is 0.634. The fourth-order valence-corrected chi connectivity index (χ4v) is 4.12. The first-order valence-electron chi connectivity index (χ1n) is 8.00. The highest BCUT2D eigenvalue weighted by Gasteiger charge is 2.59. The number of anilines is 1. The van der Waals surface area contributed by atoms with Gasteiger partial charge in [-0.15, -0.1) is 0 Å². The first-order valence-corrected chi connectivity index (χ1v) is 8.00. The summed E-state index contributed by atoms with van der Waals surface area (Å²) in [5.74, 6) is 0.647. The molecule has 4 atom stereocenters. The highest BCUT2D eigenvalue weighted by molar-refractivity contribution is 6.23. The van der Waals surface area contributed by atoms with Crippen molar-refractivity contribution >= 4 is 17.5 Å². The number of fused-ring (bicyclic) bond motifs is 5. The summed E-state index contributed by atoms with van der Waals surface area (Å²) in [6.07, 6.45) is 6.06. The van der Waals surface area contributed by atoms with Gasteiger partial charge in [-0.25, -0.2) is 4.90 Å². The third-order valence-corrected chi connectivity index (χ3v) is 5.04. The molecular formula is C18H19NO3. The zero-order valence-corrected chi connectivity index (χ0v) is 12.6. The molecule has 2 amide bonds. The summed E-state index contributed by atoms with van der Waals surface area (Å²) in [5, 5.41) is 0. The summed E-state index contributed by atoms with van der Waals surface area (Å²) in [6, 6.07) is 7.34. The van der Waals surface area contributed by atoms with Gasteiger partial charge >= 0.3 is 0 Å². The predicted molar refractivity (Wildman–Crippen MR) is 82.4 cm³/mol. The van der Waals surface area contributed by atoms with Crippen LogP contribution in [0.5, 0.6) is 5.75 Å². The molecule has 4 nitrogen and oxygen atoms in total. The lowest BCUT2D eigenvalue weighted by Gasteiger charge is -2.20. The third-order valence-electron chi connectivity index (χ3n) is 5.04. The molecule has 2 bridgehead atoms. The van der Waals surface area contributed by atoms with Gasteiger partial charge < -0.3 is 4.74 Å². The minimum absolute atomic E-state index is 0.0561. The van der Waals surface area contributed by atoms with E-state index in [1.165, 1.54) is 4.90 Å². The number of rotatable bonds is 4. The van der Waals surface area contributed by atoms with E-state index in [0.717, 1.165) is 12.8 Å². The summed E-state index contributed by atoms with van der Waals surface area (Å²) in [5.41, 5.74) is 0.597.